The fourth-order valence-electron chi connectivity index (χ4n) is 3.12. The minimum atomic E-state index is 0.383. The van der Waals surface area contributed by atoms with Gasteiger partial charge < -0.3 is 0 Å². The van der Waals surface area contributed by atoms with Crippen LogP contribution in [0.15, 0.2) is 30.3 Å². The highest BCUT2D eigenvalue weighted by Crippen LogP contribution is 2.38. The van der Waals surface area contributed by atoms with Crippen molar-refractivity contribution < 1.29 is 0 Å². The van der Waals surface area contributed by atoms with Crippen molar-refractivity contribution in [3.05, 3.63) is 46.5 Å². The van der Waals surface area contributed by atoms with E-state index < -0.39 is 0 Å². The van der Waals surface area contributed by atoms with Gasteiger partial charge in [0.05, 0.1) is 5.56 Å². The van der Waals surface area contributed by atoms with Gasteiger partial charge in [0.1, 0.15) is 16.1 Å². The molecule has 0 radical (unpaired) electrons. The fraction of sp³-hybridized carbons (Fsp3) is 0.412. The van der Waals surface area contributed by atoms with Crippen LogP contribution in [0.1, 0.15) is 44.3 Å². The summed E-state index contributed by atoms with van der Waals surface area (Å²) in [5.41, 5.74) is 1.68. The van der Waals surface area contributed by atoms with Crippen molar-refractivity contribution in [2.45, 2.75) is 38.5 Å². The Hall–Kier alpha value is -1.12. The molecule has 0 amide bonds. The van der Waals surface area contributed by atoms with Crippen molar-refractivity contribution in [1.29, 1.82) is 0 Å². The van der Waals surface area contributed by atoms with Crippen LogP contribution in [0.2, 0.25) is 10.3 Å². The van der Waals surface area contributed by atoms with Crippen LogP contribution in [0.3, 0.4) is 0 Å². The molecule has 110 valence electrons. The normalized spacial score (nSPS) is 22.2. The van der Waals surface area contributed by atoms with E-state index in [0.717, 1.165) is 35.7 Å². The first-order valence-corrected chi connectivity index (χ1v) is 8.19. The monoisotopic (exact) mass is 320 g/mol. The van der Waals surface area contributed by atoms with Gasteiger partial charge in [0.25, 0.3) is 0 Å². The minimum absolute atomic E-state index is 0.383. The molecule has 0 N–H and O–H groups in total. The van der Waals surface area contributed by atoms with Crippen molar-refractivity contribution in [2.75, 3.05) is 0 Å². The van der Waals surface area contributed by atoms with E-state index in [4.69, 9.17) is 23.2 Å². The third-order valence-corrected chi connectivity index (χ3v) is 4.75. The molecule has 1 saturated carbocycles. The quantitative estimate of drug-likeness (QED) is 0.659. The molecule has 21 heavy (non-hydrogen) atoms. The van der Waals surface area contributed by atoms with Crippen molar-refractivity contribution >= 4 is 23.2 Å². The number of hydrogen-bond acceptors (Lipinski definition) is 2. The van der Waals surface area contributed by atoms with Crippen LogP contribution in [0.4, 0.5) is 0 Å². The average molecular weight is 321 g/mol. The molecule has 1 aliphatic rings. The summed E-state index contributed by atoms with van der Waals surface area (Å²) in [7, 11) is 0. The number of rotatable bonds is 2. The predicted molar refractivity (Wildman–Crippen MR) is 87.9 cm³/mol. The lowest BCUT2D eigenvalue weighted by atomic mass is 9.82. The molecule has 2 nitrogen and oxygen atoms in total. The Bertz CT molecular complexity index is 605. The Morgan fingerprint density at radius 2 is 1.67 bits per heavy atom. The summed E-state index contributed by atoms with van der Waals surface area (Å²) in [5, 5.41) is 0.906. The molecule has 2 aromatic rings. The third-order valence-electron chi connectivity index (χ3n) is 4.20. The number of nitrogens with zero attached hydrogens (tertiary/aromatic N) is 2. The Kier molecular flexibility index (Phi) is 4.46. The maximum Gasteiger partial charge on any atom is 0.142 e. The topological polar surface area (TPSA) is 25.8 Å². The summed E-state index contributed by atoms with van der Waals surface area (Å²) in [6.45, 7) is 2.29. The third kappa shape index (κ3) is 3.22. The number of halogens is 2. The highest BCUT2D eigenvalue weighted by atomic mass is 35.5. The van der Waals surface area contributed by atoms with E-state index in [1.165, 1.54) is 12.8 Å². The lowest BCUT2D eigenvalue weighted by molar-refractivity contribution is 0.335. The van der Waals surface area contributed by atoms with Gasteiger partial charge in [-0.2, -0.15) is 0 Å². The molecule has 1 aliphatic carbocycles. The highest BCUT2D eigenvalue weighted by molar-refractivity contribution is 6.37. The average Bonchev–Trinajstić information content (AvgIpc) is 2.47. The first kappa shape index (κ1) is 14.8. The molecule has 2 atom stereocenters. The van der Waals surface area contributed by atoms with Crippen molar-refractivity contribution in [1.82, 2.24) is 9.97 Å². The molecule has 1 aromatic carbocycles. The highest BCUT2D eigenvalue weighted by Gasteiger charge is 2.24. The van der Waals surface area contributed by atoms with E-state index in [0.29, 0.717) is 16.2 Å². The molecule has 1 fully saturated rings. The van der Waals surface area contributed by atoms with E-state index in [1.54, 1.807) is 0 Å². The van der Waals surface area contributed by atoms with Gasteiger partial charge >= 0.3 is 0 Å². The first-order chi connectivity index (χ1) is 10.1. The smallest absolute Gasteiger partial charge is 0.142 e. The van der Waals surface area contributed by atoms with Gasteiger partial charge in [0, 0.05) is 5.92 Å². The molecule has 0 bridgehead atoms. The van der Waals surface area contributed by atoms with Gasteiger partial charge in [-0.1, -0.05) is 73.3 Å². The summed E-state index contributed by atoms with van der Waals surface area (Å²) < 4.78 is 0. The van der Waals surface area contributed by atoms with Crippen LogP contribution in [-0.4, -0.2) is 9.97 Å². The molecular weight excluding hydrogens is 303 g/mol. The summed E-state index contributed by atoms with van der Waals surface area (Å²) in [6.07, 6.45) is 4.77. The molecule has 1 aromatic heterocycles. The van der Waals surface area contributed by atoms with Crippen LogP contribution >= 0.6 is 23.2 Å². The van der Waals surface area contributed by atoms with E-state index >= 15 is 0 Å². The second-order valence-corrected chi connectivity index (χ2v) is 6.59. The summed E-state index contributed by atoms with van der Waals surface area (Å²) in [5.74, 6) is 1.91. The predicted octanol–water partition coefficient (Wildman–Crippen LogP) is 5.74. The van der Waals surface area contributed by atoms with Crippen LogP contribution in [0.25, 0.3) is 11.1 Å². The van der Waals surface area contributed by atoms with Crippen LogP contribution < -0.4 is 0 Å². The molecule has 3 rings (SSSR count). The lowest BCUT2D eigenvalue weighted by Crippen LogP contribution is -2.14. The zero-order valence-corrected chi connectivity index (χ0v) is 13.5. The largest absolute Gasteiger partial charge is 0.220 e. The van der Waals surface area contributed by atoms with Gasteiger partial charge in [-0.3, -0.25) is 0 Å². The molecule has 0 saturated heterocycles. The maximum absolute atomic E-state index is 6.39. The second kappa shape index (κ2) is 6.33. The summed E-state index contributed by atoms with van der Waals surface area (Å²) in [6, 6.07) is 9.82. The SMILES string of the molecule is CC1CCCC(c2nc(Cl)c(-c3ccccc3)c(Cl)n2)C1. The molecule has 0 spiro atoms. The van der Waals surface area contributed by atoms with E-state index in [9.17, 15) is 0 Å². The van der Waals surface area contributed by atoms with Gasteiger partial charge in [0.2, 0.25) is 0 Å². The molecule has 2 unspecified atom stereocenters. The van der Waals surface area contributed by atoms with Crippen molar-refractivity contribution in [2.24, 2.45) is 5.92 Å². The van der Waals surface area contributed by atoms with Crippen molar-refractivity contribution in [3.8, 4) is 11.1 Å². The van der Waals surface area contributed by atoms with E-state index in [-0.39, 0.29) is 0 Å². The minimum Gasteiger partial charge on any atom is -0.220 e. The summed E-state index contributed by atoms with van der Waals surface area (Å²) in [4.78, 5) is 9.08. The molecule has 1 heterocycles. The first-order valence-electron chi connectivity index (χ1n) is 7.43. The van der Waals surface area contributed by atoms with E-state index in [1.807, 2.05) is 30.3 Å². The Morgan fingerprint density at radius 1 is 1.00 bits per heavy atom. The van der Waals surface area contributed by atoms with Gasteiger partial charge in [0.15, 0.2) is 0 Å². The molecular formula is C17H18Cl2N2. The van der Waals surface area contributed by atoms with Gasteiger partial charge in [-0.15, -0.1) is 0 Å². The second-order valence-electron chi connectivity index (χ2n) is 5.87. The van der Waals surface area contributed by atoms with Gasteiger partial charge in [-0.25, -0.2) is 9.97 Å². The van der Waals surface area contributed by atoms with Crippen LogP contribution in [-0.2, 0) is 0 Å². The molecule has 4 heteroatoms. The zero-order chi connectivity index (χ0) is 14.8. The Labute approximate surface area is 135 Å². The van der Waals surface area contributed by atoms with Crippen LogP contribution in [0.5, 0.6) is 0 Å². The van der Waals surface area contributed by atoms with Gasteiger partial charge in [-0.05, 0) is 24.3 Å². The van der Waals surface area contributed by atoms with Crippen LogP contribution in [0, 0.1) is 5.92 Å². The Morgan fingerprint density at radius 3 is 2.29 bits per heavy atom. The fourth-order valence-corrected chi connectivity index (χ4v) is 3.74. The number of aromatic nitrogens is 2. The lowest BCUT2D eigenvalue weighted by Gasteiger charge is -2.26. The number of benzene rings is 1. The standard InChI is InChI=1S/C17H18Cl2N2/c1-11-6-5-9-13(10-11)17-20-15(18)14(16(19)21-17)12-7-3-2-4-8-12/h2-4,7-8,11,13H,5-6,9-10H2,1H3. The summed E-state index contributed by atoms with van der Waals surface area (Å²) >= 11 is 12.8. The molecule has 0 aliphatic heterocycles. The number of hydrogen-bond donors (Lipinski definition) is 0. The Balaban J connectivity index is 1.96. The maximum atomic E-state index is 6.39. The van der Waals surface area contributed by atoms with Crippen molar-refractivity contribution in [3.63, 3.8) is 0 Å². The van der Waals surface area contributed by atoms with E-state index in [2.05, 4.69) is 16.9 Å². The zero-order valence-electron chi connectivity index (χ0n) is 12.0.